The highest BCUT2D eigenvalue weighted by Gasteiger charge is 2.26. The molecule has 4 heteroatoms. The molecule has 2 N–H and O–H groups in total. The van der Waals surface area contributed by atoms with Gasteiger partial charge in [0, 0.05) is 43.7 Å². The van der Waals surface area contributed by atoms with Gasteiger partial charge in [0.15, 0.2) is 0 Å². The lowest BCUT2D eigenvalue weighted by Gasteiger charge is -2.15. The maximum atomic E-state index is 9.08. The number of para-hydroxylation sites is 2. The first-order valence-corrected chi connectivity index (χ1v) is 17.4. The van der Waals surface area contributed by atoms with Crippen LogP contribution in [-0.2, 0) is 0 Å². The van der Waals surface area contributed by atoms with Gasteiger partial charge in [0.25, 0.3) is 0 Å². The van der Waals surface area contributed by atoms with Crippen LogP contribution >= 0.6 is 0 Å². The maximum absolute atomic E-state index is 9.08. The summed E-state index contributed by atoms with van der Waals surface area (Å²) in [6, 6.07) is 60.7. The fraction of sp³-hybridized carbons (Fsp3) is 0. The van der Waals surface area contributed by atoms with Crippen LogP contribution in [0.2, 0.25) is 0 Å². The van der Waals surface area contributed by atoms with Gasteiger partial charge in [0.2, 0.25) is 0 Å². The number of anilines is 1. The van der Waals surface area contributed by atoms with Crippen molar-refractivity contribution in [2.45, 2.75) is 0 Å². The Hall–Kier alpha value is -6.91. The molecule has 2 aromatic heterocycles. The highest BCUT2D eigenvalue weighted by atomic mass is 15.4. The summed E-state index contributed by atoms with van der Waals surface area (Å²) in [5.41, 5.74) is 17.5. The molecule has 0 fully saturated rings. The summed E-state index contributed by atoms with van der Waals surface area (Å²) in [6.45, 7) is 0. The Balaban J connectivity index is 1.08. The molecule has 1 aliphatic carbocycles. The minimum Gasteiger partial charge on any atom is -0.309 e. The van der Waals surface area contributed by atoms with E-state index in [0.29, 0.717) is 5.71 Å². The zero-order chi connectivity index (χ0) is 33.6. The molecule has 0 aliphatic heterocycles. The third-order valence-corrected chi connectivity index (χ3v) is 10.7. The second-order valence-corrected chi connectivity index (χ2v) is 13.4. The molecule has 1 aliphatic rings. The molecule has 0 saturated heterocycles. The molecule has 10 aromatic rings. The number of fused-ring (bicyclic) bond motifs is 11. The number of nitrogens with zero attached hydrogens (tertiary/aromatic N) is 2. The van der Waals surface area contributed by atoms with E-state index in [4.69, 9.17) is 5.41 Å². The fourth-order valence-electron chi connectivity index (χ4n) is 8.41. The molecule has 0 unspecified atom stereocenters. The minimum absolute atomic E-state index is 0.559. The van der Waals surface area contributed by atoms with Crippen LogP contribution in [0.15, 0.2) is 170 Å². The average molecular weight is 651 g/mol. The Labute approximate surface area is 293 Å². The van der Waals surface area contributed by atoms with Gasteiger partial charge in [-0.15, -0.1) is 0 Å². The molecule has 51 heavy (non-hydrogen) atoms. The van der Waals surface area contributed by atoms with Crippen molar-refractivity contribution in [1.82, 2.24) is 9.24 Å². The predicted molar refractivity (Wildman–Crippen MR) is 214 cm³/mol. The Kier molecular flexibility index (Phi) is 5.78. The second kappa shape index (κ2) is 10.5. The van der Waals surface area contributed by atoms with Gasteiger partial charge >= 0.3 is 0 Å². The predicted octanol–water partition coefficient (Wildman–Crippen LogP) is 12.0. The molecule has 0 saturated carbocycles. The van der Waals surface area contributed by atoms with Gasteiger partial charge < -0.3 is 4.57 Å². The van der Waals surface area contributed by atoms with Crippen molar-refractivity contribution in [3.05, 3.63) is 181 Å². The summed E-state index contributed by atoms with van der Waals surface area (Å²) in [7, 11) is 0. The van der Waals surface area contributed by atoms with Crippen LogP contribution in [0.4, 0.5) is 5.69 Å². The Morgan fingerprint density at radius 2 is 1.08 bits per heavy atom. The van der Waals surface area contributed by atoms with E-state index in [2.05, 4.69) is 166 Å². The summed E-state index contributed by atoms with van der Waals surface area (Å²) in [4.78, 5) is 0. The van der Waals surface area contributed by atoms with E-state index < -0.39 is 0 Å². The third kappa shape index (κ3) is 3.99. The molecular formula is C47H30N4. The molecule has 11 rings (SSSR count). The van der Waals surface area contributed by atoms with Gasteiger partial charge in [0.05, 0.1) is 33.5 Å². The van der Waals surface area contributed by atoms with Gasteiger partial charge in [-0.25, -0.2) is 0 Å². The lowest BCUT2D eigenvalue weighted by atomic mass is 10.00. The van der Waals surface area contributed by atoms with Crippen molar-refractivity contribution in [3.63, 3.8) is 0 Å². The zero-order valence-electron chi connectivity index (χ0n) is 27.6. The number of aromatic nitrogens is 2. The van der Waals surface area contributed by atoms with E-state index in [-0.39, 0.29) is 0 Å². The van der Waals surface area contributed by atoms with Crippen LogP contribution in [0.3, 0.4) is 0 Å². The van der Waals surface area contributed by atoms with Crippen LogP contribution in [0.1, 0.15) is 11.1 Å². The first kappa shape index (κ1) is 28.0. The van der Waals surface area contributed by atoms with Gasteiger partial charge in [-0.3, -0.25) is 15.5 Å². The Morgan fingerprint density at radius 1 is 0.431 bits per heavy atom. The van der Waals surface area contributed by atoms with Crippen molar-refractivity contribution < 1.29 is 0 Å². The summed E-state index contributed by atoms with van der Waals surface area (Å²) in [6.07, 6.45) is 0. The first-order chi connectivity index (χ1) is 25.2. The zero-order valence-corrected chi connectivity index (χ0v) is 27.6. The number of rotatable bonds is 4. The molecular weight excluding hydrogens is 621 g/mol. The third-order valence-electron chi connectivity index (χ3n) is 10.7. The number of benzene rings is 8. The SMILES string of the molecule is N=C1c2ccccc2-c2cccc(Nn3c4ccccc4c4cc(-c5ccc6c(c5)c5ccc7ccccc7c5n6-c5ccccc5)ccc43)c21. The lowest BCUT2D eigenvalue weighted by Crippen LogP contribution is -2.11. The number of nitrogens with one attached hydrogen (secondary N) is 2. The van der Waals surface area contributed by atoms with Crippen LogP contribution < -0.4 is 5.43 Å². The molecule has 8 aromatic carbocycles. The van der Waals surface area contributed by atoms with E-state index in [1.54, 1.807) is 0 Å². The van der Waals surface area contributed by atoms with E-state index in [9.17, 15) is 0 Å². The minimum atomic E-state index is 0.559. The normalized spacial score (nSPS) is 12.4. The van der Waals surface area contributed by atoms with Gasteiger partial charge in [-0.1, -0.05) is 121 Å². The highest BCUT2D eigenvalue weighted by molar-refractivity contribution is 6.26. The number of hydrogen-bond donors (Lipinski definition) is 2. The second-order valence-electron chi connectivity index (χ2n) is 13.4. The van der Waals surface area contributed by atoms with Crippen LogP contribution in [-0.4, -0.2) is 15.0 Å². The van der Waals surface area contributed by atoms with Crippen LogP contribution in [0.25, 0.3) is 82.3 Å². The van der Waals surface area contributed by atoms with Crippen molar-refractivity contribution in [2.24, 2.45) is 0 Å². The molecule has 0 bridgehead atoms. The van der Waals surface area contributed by atoms with Gasteiger partial charge in [0.1, 0.15) is 0 Å². The smallest absolute Gasteiger partial charge is 0.0718 e. The molecule has 4 nitrogen and oxygen atoms in total. The topological polar surface area (TPSA) is 45.7 Å². The molecule has 0 radical (unpaired) electrons. The summed E-state index contributed by atoms with van der Waals surface area (Å²) in [5, 5.41) is 16.4. The van der Waals surface area contributed by atoms with Crippen LogP contribution in [0, 0.1) is 5.41 Å². The first-order valence-electron chi connectivity index (χ1n) is 17.4. The molecule has 0 amide bonds. The van der Waals surface area contributed by atoms with E-state index in [0.717, 1.165) is 44.7 Å². The highest BCUT2D eigenvalue weighted by Crippen LogP contribution is 2.42. The summed E-state index contributed by atoms with van der Waals surface area (Å²) < 4.78 is 4.60. The van der Waals surface area contributed by atoms with Crippen molar-refractivity contribution in [2.75, 3.05) is 5.43 Å². The van der Waals surface area contributed by atoms with Gasteiger partial charge in [-0.2, -0.15) is 0 Å². The molecule has 2 heterocycles. The molecule has 238 valence electrons. The fourth-order valence-corrected chi connectivity index (χ4v) is 8.41. The van der Waals surface area contributed by atoms with E-state index in [1.165, 1.54) is 54.5 Å². The van der Waals surface area contributed by atoms with Crippen molar-refractivity contribution in [3.8, 4) is 27.9 Å². The molecule has 0 atom stereocenters. The number of hydrogen-bond acceptors (Lipinski definition) is 2. The quantitative estimate of drug-likeness (QED) is 0.196. The van der Waals surface area contributed by atoms with Gasteiger partial charge in [-0.05, 0) is 76.2 Å². The maximum Gasteiger partial charge on any atom is 0.0718 e. The lowest BCUT2D eigenvalue weighted by molar-refractivity contribution is 1.06. The summed E-state index contributed by atoms with van der Waals surface area (Å²) >= 11 is 0. The Bertz CT molecular complexity index is 3070. The van der Waals surface area contributed by atoms with Crippen LogP contribution in [0.5, 0.6) is 0 Å². The Morgan fingerprint density at radius 3 is 1.92 bits per heavy atom. The van der Waals surface area contributed by atoms with E-state index >= 15 is 0 Å². The van der Waals surface area contributed by atoms with Crippen molar-refractivity contribution >= 4 is 65.8 Å². The standard InChI is InChI=1S/C47H30N4/c48-46-37-17-7-6-15-34(37)36-18-10-19-41(45(36)46)49-51-43-20-9-8-16-35(43)39-27-31(23-26-44(39)51)30-22-25-42-40(28-30)38-24-21-29-11-4-5-14-33(29)47(38)50(42)32-12-2-1-3-13-32/h1-28,48-49H. The molecule has 0 spiro atoms. The average Bonchev–Trinajstić information content (AvgIpc) is 3.80. The van der Waals surface area contributed by atoms with Crippen molar-refractivity contribution in [1.29, 1.82) is 5.41 Å². The van der Waals surface area contributed by atoms with E-state index in [1.807, 2.05) is 18.2 Å². The monoisotopic (exact) mass is 650 g/mol. The summed E-state index contributed by atoms with van der Waals surface area (Å²) in [5.74, 6) is 0. The largest absolute Gasteiger partial charge is 0.309 e.